The van der Waals surface area contributed by atoms with Gasteiger partial charge in [-0.05, 0) is 42.2 Å². The van der Waals surface area contributed by atoms with Gasteiger partial charge in [-0.2, -0.15) is 0 Å². The number of methoxy groups -OCH3 is 1. The van der Waals surface area contributed by atoms with E-state index in [1.165, 1.54) is 18.1 Å². The third-order valence-corrected chi connectivity index (χ3v) is 7.17. The molecule has 0 heterocycles. The Balaban J connectivity index is 2.47. The van der Waals surface area contributed by atoms with Crippen molar-refractivity contribution in [3.05, 3.63) is 58.1 Å². The van der Waals surface area contributed by atoms with Crippen molar-refractivity contribution >= 4 is 50.7 Å². The Morgan fingerprint density at radius 3 is 2.36 bits per heavy atom. The van der Waals surface area contributed by atoms with Crippen LogP contribution in [0.3, 0.4) is 0 Å². The number of halogens is 2. The molecule has 0 spiro atoms. The van der Waals surface area contributed by atoms with E-state index in [1.807, 2.05) is 13.8 Å². The van der Waals surface area contributed by atoms with Gasteiger partial charge in [0.25, 0.3) is 0 Å². The van der Waals surface area contributed by atoms with E-state index in [1.54, 1.807) is 43.3 Å². The lowest BCUT2D eigenvalue weighted by atomic mass is 10.1. The molecule has 2 amide bonds. The van der Waals surface area contributed by atoms with Gasteiger partial charge in [-0.15, -0.1) is 0 Å². The smallest absolute Gasteiger partial charge is 0.244 e. The number of nitrogens with zero attached hydrogens (tertiary/aromatic N) is 2. The maximum Gasteiger partial charge on any atom is 0.244 e. The Kier molecular flexibility index (Phi) is 10.9. The molecule has 0 unspecified atom stereocenters. The van der Waals surface area contributed by atoms with Crippen molar-refractivity contribution in [3.8, 4) is 5.75 Å². The van der Waals surface area contributed by atoms with E-state index in [0.717, 1.165) is 10.6 Å². The Morgan fingerprint density at radius 2 is 1.81 bits per heavy atom. The molecule has 0 aliphatic heterocycles. The molecule has 36 heavy (non-hydrogen) atoms. The highest BCUT2D eigenvalue weighted by Crippen LogP contribution is 2.26. The predicted octanol–water partition coefficient (Wildman–Crippen LogP) is 4.35. The van der Waals surface area contributed by atoms with Crippen molar-refractivity contribution in [2.45, 2.75) is 39.8 Å². The van der Waals surface area contributed by atoms with E-state index >= 15 is 0 Å². The van der Waals surface area contributed by atoms with Crippen LogP contribution in [0.4, 0.5) is 5.69 Å². The molecule has 0 aromatic heterocycles. The lowest BCUT2D eigenvalue weighted by Gasteiger charge is -2.33. The molecule has 0 aliphatic rings. The number of carbonyl (C=O) groups is 2. The molecule has 0 bridgehead atoms. The molecule has 2 aromatic carbocycles. The Bertz CT molecular complexity index is 1170. The van der Waals surface area contributed by atoms with Crippen LogP contribution in [-0.2, 0) is 26.2 Å². The molecule has 0 radical (unpaired) electrons. The largest absolute Gasteiger partial charge is 0.497 e. The van der Waals surface area contributed by atoms with Crippen LogP contribution in [0.2, 0.25) is 10.0 Å². The van der Waals surface area contributed by atoms with Crippen molar-refractivity contribution in [1.29, 1.82) is 0 Å². The zero-order chi connectivity index (χ0) is 27.0. The van der Waals surface area contributed by atoms with E-state index in [4.69, 9.17) is 27.9 Å². The number of sulfonamides is 1. The van der Waals surface area contributed by atoms with Gasteiger partial charge < -0.3 is 15.0 Å². The van der Waals surface area contributed by atoms with Crippen LogP contribution >= 0.6 is 23.2 Å². The first kappa shape index (κ1) is 29.7. The van der Waals surface area contributed by atoms with Crippen LogP contribution in [0, 0.1) is 5.92 Å². The second kappa shape index (κ2) is 13.2. The summed E-state index contributed by atoms with van der Waals surface area (Å²) in [5.74, 6) is -0.217. The van der Waals surface area contributed by atoms with Crippen LogP contribution in [0.5, 0.6) is 5.75 Å². The summed E-state index contributed by atoms with van der Waals surface area (Å²) < 4.78 is 31.6. The molecular weight excluding hydrogens is 525 g/mol. The van der Waals surface area contributed by atoms with Crippen molar-refractivity contribution in [3.63, 3.8) is 0 Å². The maximum absolute atomic E-state index is 13.7. The van der Waals surface area contributed by atoms with Crippen LogP contribution in [-0.4, -0.2) is 57.6 Å². The highest BCUT2D eigenvalue weighted by molar-refractivity contribution is 7.92. The number of hydrogen-bond acceptors (Lipinski definition) is 5. The third kappa shape index (κ3) is 8.28. The molecule has 0 aliphatic carbocycles. The molecule has 2 rings (SSSR count). The van der Waals surface area contributed by atoms with E-state index < -0.39 is 28.5 Å². The normalized spacial score (nSPS) is 12.2. The third-order valence-electron chi connectivity index (χ3n) is 5.45. The zero-order valence-corrected chi connectivity index (χ0v) is 23.5. The van der Waals surface area contributed by atoms with Gasteiger partial charge in [0.05, 0.1) is 19.1 Å². The first-order valence-electron chi connectivity index (χ1n) is 11.5. The van der Waals surface area contributed by atoms with Gasteiger partial charge in [0.15, 0.2) is 0 Å². The van der Waals surface area contributed by atoms with E-state index in [2.05, 4.69) is 5.32 Å². The highest BCUT2D eigenvalue weighted by Gasteiger charge is 2.32. The van der Waals surface area contributed by atoms with Gasteiger partial charge in [-0.1, -0.05) is 56.1 Å². The number of anilines is 1. The van der Waals surface area contributed by atoms with E-state index in [0.29, 0.717) is 34.3 Å². The average Bonchev–Trinajstić information content (AvgIpc) is 2.81. The van der Waals surface area contributed by atoms with Crippen LogP contribution < -0.4 is 14.4 Å². The van der Waals surface area contributed by atoms with Crippen LogP contribution in [0.15, 0.2) is 42.5 Å². The average molecular weight is 559 g/mol. The molecule has 11 heteroatoms. The summed E-state index contributed by atoms with van der Waals surface area (Å²) in [6.45, 7) is 5.66. The van der Waals surface area contributed by atoms with Gasteiger partial charge in [-0.3, -0.25) is 13.9 Å². The minimum atomic E-state index is -3.85. The van der Waals surface area contributed by atoms with Gasteiger partial charge in [0.2, 0.25) is 21.8 Å². The van der Waals surface area contributed by atoms with Crippen molar-refractivity contribution in [1.82, 2.24) is 10.2 Å². The second-order valence-electron chi connectivity index (χ2n) is 8.79. The number of carbonyl (C=O) groups excluding carboxylic acids is 2. The molecule has 8 nitrogen and oxygen atoms in total. The first-order chi connectivity index (χ1) is 16.9. The lowest BCUT2D eigenvalue weighted by molar-refractivity contribution is -0.140. The van der Waals surface area contributed by atoms with E-state index in [9.17, 15) is 18.0 Å². The Morgan fingerprint density at radius 1 is 1.11 bits per heavy atom. The Labute approximate surface area is 223 Å². The number of benzene rings is 2. The molecule has 2 aromatic rings. The zero-order valence-electron chi connectivity index (χ0n) is 21.1. The SMILES string of the molecule is CC[C@@H](C(=O)NCC(C)C)N(Cc1ccc(Cl)cc1Cl)C(=O)CN(c1cccc(OC)c1)S(C)(=O)=O. The summed E-state index contributed by atoms with van der Waals surface area (Å²) in [5.41, 5.74) is 0.851. The van der Waals surface area contributed by atoms with Crippen LogP contribution in [0.25, 0.3) is 0 Å². The number of nitrogens with one attached hydrogen (secondary N) is 1. The number of rotatable bonds is 12. The topological polar surface area (TPSA) is 96.0 Å². The van der Waals surface area contributed by atoms with Crippen LogP contribution in [0.1, 0.15) is 32.8 Å². The molecule has 0 fully saturated rings. The molecule has 1 atom stereocenters. The van der Waals surface area contributed by atoms with Crippen molar-refractivity contribution in [2.24, 2.45) is 5.92 Å². The summed E-state index contributed by atoms with van der Waals surface area (Å²) in [4.78, 5) is 28.1. The van der Waals surface area contributed by atoms with Gasteiger partial charge in [-0.25, -0.2) is 8.42 Å². The quantitative estimate of drug-likeness (QED) is 0.418. The summed E-state index contributed by atoms with van der Waals surface area (Å²) in [6, 6.07) is 10.5. The summed E-state index contributed by atoms with van der Waals surface area (Å²) >= 11 is 12.4. The fourth-order valence-corrected chi connectivity index (χ4v) is 4.86. The number of ether oxygens (including phenoxy) is 1. The maximum atomic E-state index is 13.7. The lowest BCUT2D eigenvalue weighted by Crippen LogP contribution is -2.52. The predicted molar refractivity (Wildman–Crippen MR) is 144 cm³/mol. The summed E-state index contributed by atoms with van der Waals surface area (Å²) in [6.07, 6.45) is 1.34. The molecule has 0 saturated carbocycles. The standard InChI is InChI=1S/C25H33Cl2N3O5S/c1-6-23(25(32)28-14-17(2)3)29(15-18-10-11-19(26)12-22(18)27)24(31)16-30(36(5,33)34)20-8-7-9-21(13-20)35-4/h7-13,17,23H,6,14-16H2,1-5H3,(H,28,32)/t23-/m0/s1. The molecule has 1 N–H and O–H groups in total. The van der Waals surface area contributed by atoms with Gasteiger partial charge in [0.1, 0.15) is 18.3 Å². The van der Waals surface area contributed by atoms with Gasteiger partial charge in [0, 0.05) is 29.2 Å². The minimum absolute atomic E-state index is 0.00183. The monoisotopic (exact) mass is 557 g/mol. The summed E-state index contributed by atoms with van der Waals surface area (Å²) in [5, 5.41) is 3.65. The number of hydrogen-bond donors (Lipinski definition) is 1. The molecule has 198 valence electrons. The second-order valence-corrected chi connectivity index (χ2v) is 11.5. The van der Waals surface area contributed by atoms with Crippen molar-refractivity contribution < 1.29 is 22.7 Å². The fraction of sp³-hybridized carbons (Fsp3) is 0.440. The highest BCUT2D eigenvalue weighted by atomic mass is 35.5. The Hall–Kier alpha value is -2.49. The molecular formula is C25H33Cl2N3O5S. The minimum Gasteiger partial charge on any atom is -0.497 e. The number of amides is 2. The van der Waals surface area contributed by atoms with Crippen molar-refractivity contribution in [2.75, 3.05) is 30.8 Å². The fourth-order valence-electron chi connectivity index (χ4n) is 3.55. The molecule has 0 saturated heterocycles. The first-order valence-corrected chi connectivity index (χ1v) is 14.1. The van der Waals surface area contributed by atoms with E-state index in [-0.39, 0.29) is 24.1 Å². The van der Waals surface area contributed by atoms with Gasteiger partial charge >= 0.3 is 0 Å². The summed E-state index contributed by atoms with van der Waals surface area (Å²) in [7, 11) is -2.38.